The summed E-state index contributed by atoms with van der Waals surface area (Å²) < 4.78 is 40.0. The molecule has 2 N–H and O–H groups in total. The molecule has 0 spiro atoms. The Morgan fingerprint density at radius 2 is 1.81 bits per heavy atom. The van der Waals surface area contributed by atoms with E-state index in [2.05, 4.69) is 15.6 Å². The van der Waals surface area contributed by atoms with Gasteiger partial charge in [-0.25, -0.2) is 21.9 Å². The predicted octanol–water partition coefficient (Wildman–Crippen LogP) is 3.41. The Kier molecular flexibility index (Phi) is 7.32. The van der Waals surface area contributed by atoms with Gasteiger partial charge in [-0.1, -0.05) is 18.2 Å². The Bertz CT molecular complexity index is 1120. The summed E-state index contributed by atoms with van der Waals surface area (Å²) in [4.78, 5) is 16.1. The van der Waals surface area contributed by atoms with E-state index < -0.39 is 16.1 Å². The van der Waals surface area contributed by atoms with E-state index in [1.165, 1.54) is 47.8 Å². The maximum absolute atomic E-state index is 13.3. The van der Waals surface area contributed by atoms with Crippen molar-refractivity contribution in [1.29, 1.82) is 0 Å². The lowest BCUT2D eigenvalue weighted by Gasteiger charge is -2.17. The van der Waals surface area contributed by atoms with Crippen LogP contribution in [0.5, 0.6) is 0 Å². The number of likely N-dealkylation sites (N-methyl/N-ethyl adjacent to an activating group) is 1. The number of carbonyl (C=O) groups excluding carboxylic acids is 1. The molecular formula is C22H23FN4O3S. The average Bonchev–Trinajstić information content (AvgIpc) is 2.77. The summed E-state index contributed by atoms with van der Waals surface area (Å²) in [5.41, 5.74) is 2.05. The second-order valence-corrected chi connectivity index (χ2v) is 8.94. The Labute approximate surface area is 181 Å². The van der Waals surface area contributed by atoms with Crippen LogP contribution >= 0.6 is 0 Å². The minimum absolute atomic E-state index is 0.107. The summed E-state index contributed by atoms with van der Waals surface area (Å²) in [7, 11) is -2.23. The number of anilines is 1. The lowest BCUT2D eigenvalue weighted by atomic mass is 10.1. The van der Waals surface area contributed by atoms with Gasteiger partial charge in [-0.05, 0) is 60.0 Å². The highest BCUT2D eigenvalue weighted by atomic mass is 32.2. The molecule has 9 heteroatoms. The first-order chi connectivity index (χ1) is 14.8. The number of halogens is 1. The number of aromatic nitrogens is 1. The van der Waals surface area contributed by atoms with Crippen molar-refractivity contribution in [2.45, 2.75) is 17.9 Å². The average molecular weight is 443 g/mol. The normalized spacial score (nSPS) is 11.3. The van der Waals surface area contributed by atoms with E-state index >= 15 is 0 Å². The lowest BCUT2D eigenvalue weighted by molar-refractivity contribution is 0.251. The third-order valence-electron chi connectivity index (χ3n) is 4.60. The molecule has 0 atom stereocenters. The van der Waals surface area contributed by atoms with E-state index in [-0.39, 0.29) is 17.3 Å². The van der Waals surface area contributed by atoms with Crippen LogP contribution in [0.25, 0.3) is 0 Å². The molecule has 2 amide bonds. The number of nitrogens with zero attached hydrogens (tertiary/aromatic N) is 2. The topological polar surface area (TPSA) is 91.4 Å². The highest BCUT2D eigenvalue weighted by Crippen LogP contribution is 2.18. The fraction of sp³-hybridized carbons (Fsp3) is 0.182. The van der Waals surface area contributed by atoms with Gasteiger partial charge in [-0.3, -0.25) is 4.98 Å². The summed E-state index contributed by atoms with van der Waals surface area (Å²) in [6, 6.07) is 15.2. The molecule has 0 aliphatic carbocycles. The summed E-state index contributed by atoms with van der Waals surface area (Å²) in [5.74, 6) is -0.351. The standard InChI is InChI=1S/C22H23FN4O3S/c1-27(13-11-17-4-2-6-19(23)14-17)31(29,30)21-9-7-20(8-10-21)26-22(28)25-16-18-5-3-12-24-15-18/h2-10,12,14-15H,11,13,16H2,1H3,(H2,25,26,28). The maximum atomic E-state index is 13.3. The van der Waals surface area contributed by atoms with Crippen molar-refractivity contribution in [3.8, 4) is 0 Å². The maximum Gasteiger partial charge on any atom is 0.319 e. The molecule has 31 heavy (non-hydrogen) atoms. The van der Waals surface area contributed by atoms with Crippen molar-refractivity contribution in [2.75, 3.05) is 18.9 Å². The van der Waals surface area contributed by atoms with Gasteiger partial charge < -0.3 is 10.6 Å². The van der Waals surface area contributed by atoms with Crippen molar-refractivity contribution in [3.63, 3.8) is 0 Å². The third-order valence-corrected chi connectivity index (χ3v) is 6.47. The molecule has 1 heterocycles. The number of carbonyl (C=O) groups is 1. The number of nitrogens with one attached hydrogen (secondary N) is 2. The van der Waals surface area contributed by atoms with E-state index in [0.717, 1.165) is 11.1 Å². The van der Waals surface area contributed by atoms with Crippen molar-refractivity contribution in [2.24, 2.45) is 0 Å². The van der Waals surface area contributed by atoms with Crippen LogP contribution in [0.15, 0.2) is 78.0 Å². The van der Waals surface area contributed by atoms with Crippen LogP contribution in [0.3, 0.4) is 0 Å². The second-order valence-electron chi connectivity index (χ2n) is 6.90. The number of sulfonamides is 1. The molecule has 0 saturated carbocycles. The molecule has 1 aromatic heterocycles. The van der Waals surface area contributed by atoms with E-state index in [4.69, 9.17) is 0 Å². The number of amides is 2. The highest BCUT2D eigenvalue weighted by molar-refractivity contribution is 7.89. The molecule has 2 aromatic carbocycles. The van der Waals surface area contributed by atoms with Crippen LogP contribution in [-0.2, 0) is 23.0 Å². The Morgan fingerprint density at radius 3 is 2.48 bits per heavy atom. The van der Waals surface area contributed by atoms with Crippen LogP contribution in [0.4, 0.5) is 14.9 Å². The predicted molar refractivity (Wildman–Crippen MR) is 116 cm³/mol. The quantitative estimate of drug-likeness (QED) is 0.559. The summed E-state index contributed by atoms with van der Waals surface area (Å²) in [6.07, 6.45) is 3.70. The van der Waals surface area contributed by atoms with Gasteiger partial charge in [-0.2, -0.15) is 0 Å². The third kappa shape index (κ3) is 6.34. The Balaban J connectivity index is 1.55. The molecule has 0 aliphatic heterocycles. The van der Waals surface area contributed by atoms with Crippen LogP contribution in [0.2, 0.25) is 0 Å². The summed E-state index contributed by atoms with van der Waals surface area (Å²) >= 11 is 0. The fourth-order valence-corrected chi connectivity index (χ4v) is 4.02. The number of hydrogen-bond acceptors (Lipinski definition) is 4. The zero-order chi connectivity index (χ0) is 22.3. The van der Waals surface area contributed by atoms with Crippen LogP contribution in [0, 0.1) is 5.82 Å². The molecule has 0 aliphatic rings. The van der Waals surface area contributed by atoms with Gasteiger partial charge in [0.1, 0.15) is 5.82 Å². The second kappa shape index (κ2) is 10.1. The first kappa shape index (κ1) is 22.4. The van der Waals surface area contributed by atoms with E-state index in [0.29, 0.717) is 18.7 Å². The molecule has 0 saturated heterocycles. The largest absolute Gasteiger partial charge is 0.334 e. The van der Waals surface area contributed by atoms with Crippen LogP contribution in [0.1, 0.15) is 11.1 Å². The molecule has 0 fully saturated rings. The van der Waals surface area contributed by atoms with Gasteiger partial charge in [0, 0.05) is 38.2 Å². The van der Waals surface area contributed by atoms with Gasteiger partial charge in [-0.15, -0.1) is 0 Å². The van der Waals surface area contributed by atoms with E-state index in [1.807, 2.05) is 6.07 Å². The van der Waals surface area contributed by atoms with Gasteiger partial charge >= 0.3 is 6.03 Å². The number of rotatable bonds is 8. The van der Waals surface area contributed by atoms with Gasteiger partial charge in [0.15, 0.2) is 0 Å². The Morgan fingerprint density at radius 1 is 1.06 bits per heavy atom. The van der Waals surface area contributed by atoms with Gasteiger partial charge in [0.25, 0.3) is 0 Å². The first-order valence-corrected chi connectivity index (χ1v) is 11.0. The molecule has 0 radical (unpaired) electrons. The zero-order valence-corrected chi connectivity index (χ0v) is 17.8. The molecule has 0 bridgehead atoms. The number of pyridine rings is 1. The minimum atomic E-state index is -3.71. The van der Waals surface area contributed by atoms with Crippen molar-refractivity contribution >= 4 is 21.7 Å². The molecular weight excluding hydrogens is 419 g/mol. The number of urea groups is 1. The molecule has 0 unspecified atom stereocenters. The van der Waals surface area contributed by atoms with Crippen molar-refractivity contribution in [1.82, 2.24) is 14.6 Å². The van der Waals surface area contributed by atoms with E-state index in [1.54, 1.807) is 30.6 Å². The SMILES string of the molecule is CN(CCc1cccc(F)c1)S(=O)(=O)c1ccc(NC(=O)NCc2cccnc2)cc1. The van der Waals surface area contributed by atoms with E-state index in [9.17, 15) is 17.6 Å². The van der Waals surface area contributed by atoms with Crippen molar-refractivity contribution in [3.05, 3.63) is 90.0 Å². The number of benzene rings is 2. The van der Waals surface area contributed by atoms with Crippen LogP contribution < -0.4 is 10.6 Å². The number of hydrogen-bond donors (Lipinski definition) is 2. The Hall–Kier alpha value is -3.30. The van der Waals surface area contributed by atoms with Crippen molar-refractivity contribution < 1.29 is 17.6 Å². The smallest absolute Gasteiger partial charge is 0.319 e. The first-order valence-electron chi connectivity index (χ1n) is 9.59. The minimum Gasteiger partial charge on any atom is -0.334 e. The molecule has 3 rings (SSSR count). The fourth-order valence-electron chi connectivity index (χ4n) is 2.85. The zero-order valence-electron chi connectivity index (χ0n) is 17.0. The molecule has 7 nitrogen and oxygen atoms in total. The van der Waals surface area contributed by atoms with Gasteiger partial charge in [0.2, 0.25) is 10.0 Å². The monoisotopic (exact) mass is 442 g/mol. The molecule has 162 valence electrons. The molecule has 3 aromatic rings. The lowest BCUT2D eigenvalue weighted by Crippen LogP contribution is -2.29. The summed E-state index contributed by atoms with van der Waals surface area (Å²) in [5, 5.41) is 5.36. The summed E-state index contributed by atoms with van der Waals surface area (Å²) in [6.45, 7) is 0.533. The highest BCUT2D eigenvalue weighted by Gasteiger charge is 2.20. The van der Waals surface area contributed by atoms with Crippen LogP contribution in [-0.4, -0.2) is 37.3 Å². The van der Waals surface area contributed by atoms with Gasteiger partial charge in [0.05, 0.1) is 4.90 Å².